The summed E-state index contributed by atoms with van der Waals surface area (Å²) < 4.78 is 10.6. The van der Waals surface area contributed by atoms with Crippen LogP contribution in [-0.4, -0.2) is 25.2 Å². The lowest BCUT2D eigenvalue weighted by Gasteiger charge is -2.15. The van der Waals surface area contributed by atoms with Gasteiger partial charge >= 0.3 is 0 Å². The Morgan fingerprint density at radius 1 is 0.969 bits per heavy atom. The average Bonchev–Trinajstić information content (AvgIpc) is 3.26. The molecule has 0 aromatic heterocycles. The Morgan fingerprint density at radius 2 is 1.72 bits per heavy atom. The smallest absolute Gasteiger partial charge is 0.257 e. The van der Waals surface area contributed by atoms with E-state index in [9.17, 15) is 9.59 Å². The van der Waals surface area contributed by atoms with Gasteiger partial charge in [0.25, 0.3) is 5.91 Å². The first-order valence-electron chi connectivity index (χ1n) is 10.1. The van der Waals surface area contributed by atoms with Gasteiger partial charge in [0.05, 0.1) is 17.8 Å². The maximum absolute atomic E-state index is 12.8. The zero-order chi connectivity index (χ0) is 22.5. The monoisotopic (exact) mass is 451 g/mol. The van der Waals surface area contributed by atoms with E-state index in [2.05, 4.69) is 16.0 Å². The molecule has 2 amide bonds. The first-order chi connectivity index (χ1) is 15.5. The van der Waals surface area contributed by atoms with Crippen molar-refractivity contribution in [1.29, 1.82) is 0 Å². The second-order valence-electron chi connectivity index (χ2n) is 7.27. The van der Waals surface area contributed by atoms with E-state index in [0.717, 1.165) is 5.56 Å². The topological polar surface area (TPSA) is 88.7 Å². The number of amides is 2. The molecule has 0 bridgehead atoms. The minimum Gasteiger partial charge on any atom is -0.454 e. The van der Waals surface area contributed by atoms with Gasteiger partial charge in [-0.25, -0.2) is 0 Å². The predicted molar refractivity (Wildman–Crippen MR) is 123 cm³/mol. The minimum atomic E-state index is -0.345. The molecule has 3 aromatic rings. The van der Waals surface area contributed by atoms with Crippen LogP contribution in [0.4, 0.5) is 11.4 Å². The number of rotatable bonds is 7. The fourth-order valence-electron chi connectivity index (χ4n) is 3.27. The summed E-state index contributed by atoms with van der Waals surface area (Å²) in [6, 6.07) is 19.4. The molecule has 1 aliphatic heterocycles. The third kappa shape index (κ3) is 5.19. The molecule has 0 spiro atoms. The highest BCUT2D eigenvalue weighted by atomic mass is 35.5. The van der Waals surface area contributed by atoms with E-state index in [4.69, 9.17) is 21.1 Å². The minimum absolute atomic E-state index is 0.0393. The zero-order valence-electron chi connectivity index (χ0n) is 17.4. The number of benzene rings is 3. The second kappa shape index (κ2) is 9.72. The fourth-order valence-corrected chi connectivity index (χ4v) is 3.40. The number of anilines is 2. The Morgan fingerprint density at radius 3 is 2.53 bits per heavy atom. The van der Waals surface area contributed by atoms with Crippen molar-refractivity contribution in [3.8, 4) is 11.5 Å². The number of hydrogen-bond acceptors (Lipinski definition) is 5. The Kier molecular flexibility index (Phi) is 6.58. The largest absolute Gasteiger partial charge is 0.454 e. The van der Waals surface area contributed by atoms with Gasteiger partial charge in [0, 0.05) is 22.8 Å². The SMILES string of the molecule is CC(NCC(=O)Nc1ccccc1C(=O)Nc1ccc2c(c1)OCO2)c1ccc(Cl)cc1. The standard InChI is InChI=1S/C24H22ClN3O4/c1-15(16-6-8-17(25)9-7-16)26-13-23(29)28-20-5-3-2-4-19(20)24(30)27-18-10-11-21-22(12-18)32-14-31-21/h2-12,15,26H,13-14H2,1H3,(H,27,30)(H,28,29). The Labute approximate surface area is 190 Å². The first kappa shape index (κ1) is 21.7. The summed E-state index contributed by atoms with van der Waals surface area (Å²) in [5.41, 5.74) is 2.37. The van der Waals surface area contributed by atoms with E-state index < -0.39 is 0 Å². The summed E-state index contributed by atoms with van der Waals surface area (Å²) in [4.78, 5) is 25.3. The number of carbonyl (C=O) groups excluding carboxylic acids is 2. The van der Waals surface area contributed by atoms with E-state index in [1.54, 1.807) is 42.5 Å². The molecular weight excluding hydrogens is 430 g/mol. The molecule has 4 rings (SSSR count). The molecule has 0 saturated carbocycles. The van der Waals surface area contributed by atoms with Crippen LogP contribution in [0.3, 0.4) is 0 Å². The van der Waals surface area contributed by atoms with Crippen molar-refractivity contribution in [3.05, 3.63) is 82.9 Å². The van der Waals surface area contributed by atoms with E-state index in [0.29, 0.717) is 33.5 Å². The summed E-state index contributed by atoms with van der Waals surface area (Å²) in [6.45, 7) is 2.21. The number of nitrogens with one attached hydrogen (secondary N) is 3. The molecule has 1 aliphatic rings. The van der Waals surface area contributed by atoms with Gasteiger partial charge in [-0.05, 0) is 48.9 Å². The van der Waals surface area contributed by atoms with Gasteiger partial charge in [0.15, 0.2) is 11.5 Å². The molecule has 0 aliphatic carbocycles. The van der Waals surface area contributed by atoms with Crippen molar-refractivity contribution in [2.75, 3.05) is 24.0 Å². The number of hydrogen-bond donors (Lipinski definition) is 3. The second-order valence-corrected chi connectivity index (χ2v) is 7.71. The van der Waals surface area contributed by atoms with Crippen molar-refractivity contribution >= 4 is 34.8 Å². The van der Waals surface area contributed by atoms with Crippen LogP contribution in [0.15, 0.2) is 66.7 Å². The van der Waals surface area contributed by atoms with Gasteiger partial charge in [0.1, 0.15) is 0 Å². The van der Waals surface area contributed by atoms with Crippen LogP contribution in [0, 0.1) is 0 Å². The summed E-state index contributed by atoms with van der Waals surface area (Å²) >= 11 is 5.92. The molecule has 0 saturated heterocycles. The maximum atomic E-state index is 12.8. The summed E-state index contributed by atoms with van der Waals surface area (Å²) in [5.74, 6) is 0.609. The number of carbonyl (C=O) groups is 2. The molecule has 3 aromatic carbocycles. The van der Waals surface area contributed by atoms with Crippen LogP contribution in [0.25, 0.3) is 0 Å². The number of para-hydroxylation sites is 1. The third-order valence-corrected chi connectivity index (χ3v) is 5.27. The van der Waals surface area contributed by atoms with Crippen molar-refractivity contribution in [2.45, 2.75) is 13.0 Å². The van der Waals surface area contributed by atoms with Crippen molar-refractivity contribution in [3.63, 3.8) is 0 Å². The van der Waals surface area contributed by atoms with Gasteiger partial charge in [-0.3, -0.25) is 9.59 Å². The van der Waals surface area contributed by atoms with E-state index >= 15 is 0 Å². The molecule has 3 N–H and O–H groups in total. The van der Waals surface area contributed by atoms with Crippen LogP contribution in [0.1, 0.15) is 28.9 Å². The summed E-state index contributed by atoms with van der Waals surface area (Å²) in [6.07, 6.45) is 0. The Balaban J connectivity index is 1.37. The molecule has 7 nitrogen and oxygen atoms in total. The van der Waals surface area contributed by atoms with Crippen molar-refractivity contribution < 1.29 is 19.1 Å². The molecule has 1 heterocycles. The Bertz CT molecular complexity index is 1130. The van der Waals surface area contributed by atoms with Crippen LogP contribution in [-0.2, 0) is 4.79 Å². The highest BCUT2D eigenvalue weighted by Crippen LogP contribution is 2.34. The van der Waals surface area contributed by atoms with Crippen molar-refractivity contribution in [1.82, 2.24) is 5.32 Å². The maximum Gasteiger partial charge on any atom is 0.257 e. The van der Waals surface area contributed by atoms with E-state index in [1.165, 1.54) is 0 Å². The van der Waals surface area contributed by atoms with Gasteiger partial charge in [0.2, 0.25) is 12.7 Å². The highest BCUT2D eigenvalue weighted by Gasteiger charge is 2.17. The zero-order valence-corrected chi connectivity index (χ0v) is 18.1. The molecule has 0 radical (unpaired) electrons. The molecular formula is C24H22ClN3O4. The predicted octanol–water partition coefficient (Wildman–Crippen LogP) is 4.61. The third-order valence-electron chi connectivity index (χ3n) is 5.02. The lowest BCUT2D eigenvalue weighted by Crippen LogP contribution is -2.30. The lowest BCUT2D eigenvalue weighted by atomic mass is 10.1. The molecule has 1 atom stereocenters. The van der Waals surface area contributed by atoms with E-state index in [-0.39, 0.29) is 31.2 Å². The lowest BCUT2D eigenvalue weighted by molar-refractivity contribution is -0.115. The normalized spacial score (nSPS) is 12.8. The summed E-state index contributed by atoms with van der Waals surface area (Å²) in [7, 11) is 0. The summed E-state index contributed by atoms with van der Waals surface area (Å²) in [5, 5.41) is 9.46. The van der Waals surface area contributed by atoms with E-state index in [1.807, 2.05) is 31.2 Å². The quantitative estimate of drug-likeness (QED) is 0.488. The Hall–Kier alpha value is -3.55. The van der Waals surface area contributed by atoms with Crippen LogP contribution in [0.5, 0.6) is 11.5 Å². The highest BCUT2D eigenvalue weighted by molar-refractivity contribution is 6.30. The van der Waals surface area contributed by atoms with Gasteiger partial charge < -0.3 is 25.4 Å². The van der Waals surface area contributed by atoms with Crippen molar-refractivity contribution in [2.24, 2.45) is 0 Å². The number of ether oxygens (including phenoxy) is 2. The molecule has 164 valence electrons. The van der Waals surface area contributed by atoms with Gasteiger partial charge in [-0.1, -0.05) is 35.9 Å². The molecule has 8 heteroatoms. The molecule has 32 heavy (non-hydrogen) atoms. The number of halogens is 1. The van der Waals surface area contributed by atoms with Gasteiger partial charge in [-0.15, -0.1) is 0 Å². The van der Waals surface area contributed by atoms with Gasteiger partial charge in [-0.2, -0.15) is 0 Å². The average molecular weight is 452 g/mol. The number of fused-ring (bicyclic) bond motifs is 1. The van der Waals surface area contributed by atoms with Crippen LogP contribution >= 0.6 is 11.6 Å². The fraction of sp³-hybridized carbons (Fsp3) is 0.167. The first-order valence-corrected chi connectivity index (χ1v) is 10.5. The molecule has 1 unspecified atom stereocenters. The molecule has 0 fully saturated rings. The van der Waals surface area contributed by atoms with Crippen LogP contribution < -0.4 is 25.4 Å². The van der Waals surface area contributed by atoms with Crippen LogP contribution in [0.2, 0.25) is 5.02 Å².